The summed E-state index contributed by atoms with van der Waals surface area (Å²) in [5, 5.41) is 0. The fourth-order valence-electron chi connectivity index (χ4n) is 2.81. The zero-order chi connectivity index (χ0) is 17.9. The summed E-state index contributed by atoms with van der Waals surface area (Å²) in [6.07, 6.45) is 1.56. The molecule has 1 aliphatic rings. The molecule has 2 N–H and O–H groups in total. The summed E-state index contributed by atoms with van der Waals surface area (Å²) in [6, 6.07) is 2.93. The van der Waals surface area contributed by atoms with Crippen LogP contribution in [0.4, 0.5) is 4.39 Å². The number of ether oxygens (including phenoxy) is 1. The predicted molar refractivity (Wildman–Crippen MR) is 87.5 cm³/mol. The third kappa shape index (κ3) is 4.12. The Morgan fingerprint density at radius 1 is 1.46 bits per heavy atom. The van der Waals surface area contributed by atoms with Gasteiger partial charge in [0.05, 0.1) is 17.1 Å². The quantitative estimate of drug-likeness (QED) is 0.810. The molecule has 0 radical (unpaired) electrons. The van der Waals surface area contributed by atoms with E-state index in [1.165, 1.54) is 4.31 Å². The Morgan fingerprint density at radius 2 is 2.17 bits per heavy atom. The summed E-state index contributed by atoms with van der Waals surface area (Å²) in [6.45, 7) is 4.25. The van der Waals surface area contributed by atoms with Crippen molar-refractivity contribution in [3.63, 3.8) is 0 Å². The molecular formula is C16H23FN2O4S. The van der Waals surface area contributed by atoms with E-state index in [1.807, 2.05) is 6.92 Å². The first-order chi connectivity index (χ1) is 11.3. The number of carbonyl (C=O) groups is 1. The van der Waals surface area contributed by atoms with E-state index in [0.29, 0.717) is 19.5 Å². The molecule has 1 aliphatic heterocycles. The molecule has 1 heterocycles. The van der Waals surface area contributed by atoms with Gasteiger partial charge in [0.25, 0.3) is 0 Å². The van der Waals surface area contributed by atoms with Crippen LogP contribution < -0.4 is 5.73 Å². The van der Waals surface area contributed by atoms with Crippen LogP contribution in [0.5, 0.6) is 0 Å². The van der Waals surface area contributed by atoms with E-state index in [9.17, 15) is 17.6 Å². The monoisotopic (exact) mass is 358 g/mol. The van der Waals surface area contributed by atoms with Gasteiger partial charge in [0.15, 0.2) is 0 Å². The predicted octanol–water partition coefficient (Wildman–Crippen LogP) is 1.75. The largest absolute Gasteiger partial charge is 0.462 e. The number of esters is 1. The van der Waals surface area contributed by atoms with Crippen LogP contribution in [0.1, 0.15) is 37.0 Å². The number of nitrogens with zero attached hydrogens (tertiary/aromatic N) is 1. The highest BCUT2D eigenvalue weighted by molar-refractivity contribution is 7.89. The molecule has 2 unspecified atom stereocenters. The van der Waals surface area contributed by atoms with Gasteiger partial charge in [0, 0.05) is 19.1 Å². The summed E-state index contributed by atoms with van der Waals surface area (Å²) < 4.78 is 45.6. The Labute approximate surface area is 141 Å². The number of rotatable bonds is 5. The van der Waals surface area contributed by atoms with Gasteiger partial charge in [0.2, 0.25) is 10.0 Å². The Hall–Kier alpha value is -1.51. The van der Waals surface area contributed by atoms with Crippen molar-refractivity contribution in [2.45, 2.75) is 37.6 Å². The number of hydrogen-bond donors (Lipinski definition) is 1. The topological polar surface area (TPSA) is 89.7 Å². The normalized spacial score (nSPS) is 20.6. The van der Waals surface area contributed by atoms with Crippen molar-refractivity contribution in [3.8, 4) is 0 Å². The zero-order valence-electron chi connectivity index (χ0n) is 13.9. The lowest BCUT2D eigenvalue weighted by Gasteiger charge is -2.33. The molecule has 2 atom stereocenters. The second kappa shape index (κ2) is 7.58. The van der Waals surface area contributed by atoms with Crippen LogP contribution in [0.25, 0.3) is 0 Å². The molecule has 0 aromatic heterocycles. The molecule has 134 valence electrons. The van der Waals surface area contributed by atoms with Crippen molar-refractivity contribution >= 4 is 16.0 Å². The summed E-state index contributed by atoms with van der Waals surface area (Å²) >= 11 is 0. The SMILES string of the molecule is CCOC(=O)c1cc(F)cc(S(=O)(=O)N2CCCC(C(C)N)C2)c1. The lowest BCUT2D eigenvalue weighted by molar-refractivity contribution is 0.0525. The van der Waals surface area contributed by atoms with Gasteiger partial charge in [-0.2, -0.15) is 4.31 Å². The van der Waals surface area contributed by atoms with Crippen LogP contribution in [0.2, 0.25) is 0 Å². The molecule has 1 fully saturated rings. The van der Waals surface area contributed by atoms with Crippen molar-refractivity contribution in [2.24, 2.45) is 11.7 Å². The van der Waals surface area contributed by atoms with E-state index in [-0.39, 0.29) is 29.0 Å². The lowest BCUT2D eigenvalue weighted by atomic mass is 9.93. The number of nitrogens with two attached hydrogens (primary N) is 1. The average molecular weight is 358 g/mol. The Bertz CT molecular complexity index is 706. The van der Waals surface area contributed by atoms with Gasteiger partial charge in [-0.25, -0.2) is 17.6 Å². The van der Waals surface area contributed by atoms with E-state index in [4.69, 9.17) is 10.5 Å². The van der Waals surface area contributed by atoms with Crippen LogP contribution in [0.3, 0.4) is 0 Å². The minimum Gasteiger partial charge on any atom is -0.462 e. The molecule has 1 aromatic carbocycles. The molecule has 0 aliphatic carbocycles. The molecule has 0 saturated carbocycles. The first kappa shape index (κ1) is 18.8. The first-order valence-electron chi connectivity index (χ1n) is 7.99. The van der Waals surface area contributed by atoms with E-state index in [2.05, 4.69) is 0 Å². The molecule has 24 heavy (non-hydrogen) atoms. The smallest absolute Gasteiger partial charge is 0.338 e. The summed E-state index contributed by atoms with van der Waals surface area (Å²) in [5.74, 6) is -1.48. The minimum absolute atomic E-state index is 0.0617. The van der Waals surface area contributed by atoms with Crippen molar-refractivity contribution in [1.29, 1.82) is 0 Å². The molecule has 2 rings (SSSR count). The number of piperidine rings is 1. The second-order valence-electron chi connectivity index (χ2n) is 6.02. The van der Waals surface area contributed by atoms with Crippen LogP contribution in [-0.2, 0) is 14.8 Å². The van der Waals surface area contributed by atoms with Gasteiger partial charge < -0.3 is 10.5 Å². The van der Waals surface area contributed by atoms with E-state index < -0.39 is 21.8 Å². The summed E-state index contributed by atoms with van der Waals surface area (Å²) in [7, 11) is -3.89. The molecule has 0 amide bonds. The third-order valence-electron chi connectivity index (χ3n) is 4.18. The van der Waals surface area contributed by atoms with Gasteiger partial charge in [0.1, 0.15) is 5.82 Å². The second-order valence-corrected chi connectivity index (χ2v) is 7.96. The Morgan fingerprint density at radius 3 is 2.79 bits per heavy atom. The van der Waals surface area contributed by atoms with Crippen LogP contribution in [0, 0.1) is 11.7 Å². The number of hydrogen-bond acceptors (Lipinski definition) is 5. The highest BCUT2D eigenvalue weighted by atomic mass is 32.2. The number of benzene rings is 1. The van der Waals surface area contributed by atoms with Gasteiger partial charge in [-0.15, -0.1) is 0 Å². The van der Waals surface area contributed by atoms with Gasteiger partial charge in [-0.1, -0.05) is 0 Å². The molecule has 8 heteroatoms. The molecule has 0 spiro atoms. The molecular weight excluding hydrogens is 335 g/mol. The standard InChI is InChI=1S/C16H23FN2O4S/c1-3-23-16(20)13-7-14(17)9-15(8-13)24(21,22)19-6-4-5-12(10-19)11(2)18/h7-9,11-12H,3-6,10,18H2,1-2H3. The van der Waals surface area contributed by atoms with Crippen molar-refractivity contribution in [2.75, 3.05) is 19.7 Å². The van der Waals surface area contributed by atoms with Gasteiger partial charge in [-0.05, 0) is 50.8 Å². The number of carbonyl (C=O) groups excluding carboxylic acids is 1. The maximum Gasteiger partial charge on any atom is 0.338 e. The first-order valence-corrected chi connectivity index (χ1v) is 9.43. The molecule has 0 bridgehead atoms. The zero-order valence-corrected chi connectivity index (χ0v) is 14.7. The Kier molecular flexibility index (Phi) is 5.95. The number of sulfonamides is 1. The highest BCUT2D eigenvalue weighted by Gasteiger charge is 2.32. The van der Waals surface area contributed by atoms with Crippen LogP contribution >= 0.6 is 0 Å². The van der Waals surface area contributed by atoms with E-state index >= 15 is 0 Å². The van der Waals surface area contributed by atoms with Gasteiger partial charge in [-0.3, -0.25) is 0 Å². The summed E-state index contributed by atoms with van der Waals surface area (Å²) in [5.41, 5.74) is 5.78. The van der Waals surface area contributed by atoms with E-state index in [1.54, 1.807) is 6.92 Å². The molecule has 1 aromatic rings. The van der Waals surface area contributed by atoms with Crippen LogP contribution in [-0.4, -0.2) is 44.4 Å². The third-order valence-corrected chi connectivity index (χ3v) is 6.03. The fourth-order valence-corrected chi connectivity index (χ4v) is 4.41. The molecule has 1 saturated heterocycles. The van der Waals surface area contributed by atoms with Crippen molar-refractivity contribution in [3.05, 3.63) is 29.6 Å². The van der Waals surface area contributed by atoms with Crippen LogP contribution in [0.15, 0.2) is 23.1 Å². The van der Waals surface area contributed by atoms with E-state index in [0.717, 1.165) is 24.6 Å². The molecule has 6 nitrogen and oxygen atoms in total. The number of halogens is 1. The maximum atomic E-state index is 13.8. The Balaban J connectivity index is 2.33. The minimum atomic E-state index is -3.89. The maximum absolute atomic E-state index is 13.8. The van der Waals surface area contributed by atoms with Gasteiger partial charge >= 0.3 is 5.97 Å². The van der Waals surface area contributed by atoms with Crippen molar-refractivity contribution < 1.29 is 22.3 Å². The summed E-state index contributed by atoms with van der Waals surface area (Å²) in [4.78, 5) is 11.5. The lowest BCUT2D eigenvalue weighted by Crippen LogP contribution is -2.45. The fraction of sp³-hybridized carbons (Fsp3) is 0.562. The average Bonchev–Trinajstić information content (AvgIpc) is 2.54. The highest BCUT2D eigenvalue weighted by Crippen LogP contribution is 2.26. The van der Waals surface area contributed by atoms with Crippen molar-refractivity contribution in [1.82, 2.24) is 4.31 Å².